The number of nitrogens with two attached hydrogens (primary N) is 1. The molecule has 1 rings (SSSR count). The summed E-state index contributed by atoms with van der Waals surface area (Å²) >= 11 is 0. The van der Waals surface area contributed by atoms with E-state index in [9.17, 15) is 8.42 Å². The maximum atomic E-state index is 11.1. The monoisotopic (exact) mass is 258 g/mol. The molecule has 1 heterocycles. The fraction of sp³-hybridized carbons (Fsp3) is 0.545. The van der Waals surface area contributed by atoms with Crippen molar-refractivity contribution in [2.24, 2.45) is 17.0 Å². The number of pyridine rings is 1. The molecule has 1 unspecified atom stereocenters. The molecule has 0 aliphatic carbocycles. The fourth-order valence-electron chi connectivity index (χ4n) is 1.37. The lowest BCUT2D eigenvalue weighted by atomic mass is 9.99. The van der Waals surface area contributed by atoms with Crippen LogP contribution < -0.4 is 9.88 Å². The summed E-state index contributed by atoms with van der Waals surface area (Å²) in [4.78, 5) is 3.91. The van der Waals surface area contributed by atoms with E-state index in [0.717, 1.165) is 0 Å². The Balaban J connectivity index is 2.57. The molecule has 96 valence electrons. The highest BCUT2D eigenvalue weighted by Crippen LogP contribution is 2.15. The molecule has 0 radical (unpaired) electrons. The highest BCUT2D eigenvalue weighted by Gasteiger charge is 2.20. The second-order valence-electron chi connectivity index (χ2n) is 4.33. The van der Waals surface area contributed by atoms with E-state index in [2.05, 4.69) is 4.98 Å². The summed E-state index contributed by atoms with van der Waals surface area (Å²) in [7, 11) is -3.47. The van der Waals surface area contributed by atoms with Crippen molar-refractivity contribution < 1.29 is 13.2 Å². The van der Waals surface area contributed by atoms with E-state index in [4.69, 9.17) is 9.88 Å². The zero-order chi connectivity index (χ0) is 12.9. The first-order chi connectivity index (χ1) is 7.88. The van der Waals surface area contributed by atoms with Gasteiger partial charge in [0.1, 0.15) is 5.75 Å². The first-order valence-electron chi connectivity index (χ1n) is 5.42. The lowest BCUT2D eigenvalue weighted by Crippen LogP contribution is -2.30. The lowest BCUT2D eigenvalue weighted by molar-refractivity contribution is 0.224. The van der Waals surface area contributed by atoms with Gasteiger partial charge in [-0.05, 0) is 18.1 Å². The summed E-state index contributed by atoms with van der Waals surface area (Å²) in [5.41, 5.74) is 0. The van der Waals surface area contributed by atoms with Crippen LogP contribution in [0, 0.1) is 11.8 Å². The smallest absolute Gasteiger partial charge is 0.209 e. The van der Waals surface area contributed by atoms with Crippen molar-refractivity contribution >= 4 is 10.0 Å². The van der Waals surface area contributed by atoms with Gasteiger partial charge in [-0.15, -0.1) is 0 Å². The minimum absolute atomic E-state index is 0.0646. The minimum atomic E-state index is -3.47. The first kappa shape index (κ1) is 13.9. The van der Waals surface area contributed by atoms with Gasteiger partial charge in [-0.1, -0.05) is 13.8 Å². The van der Waals surface area contributed by atoms with Crippen molar-refractivity contribution in [3.05, 3.63) is 24.5 Å². The zero-order valence-electron chi connectivity index (χ0n) is 10.0. The summed E-state index contributed by atoms with van der Waals surface area (Å²) < 4.78 is 27.6. The summed E-state index contributed by atoms with van der Waals surface area (Å²) in [5, 5.41) is 5.05. The van der Waals surface area contributed by atoms with Crippen molar-refractivity contribution in [2.75, 3.05) is 12.4 Å². The normalized spacial score (nSPS) is 13.6. The van der Waals surface area contributed by atoms with Crippen LogP contribution in [0.2, 0.25) is 0 Å². The molecular weight excluding hydrogens is 240 g/mol. The van der Waals surface area contributed by atoms with E-state index >= 15 is 0 Å². The number of ether oxygens (including phenoxy) is 1. The van der Waals surface area contributed by atoms with Crippen LogP contribution >= 0.6 is 0 Å². The number of hydrogen-bond acceptors (Lipinski definition) is 4. The first-order valence-corrected chi connectivity index (χ1v) is 7.13. The van der Waals surface area contributed by atoms with Gasteiger partial charge in [0, 0.05) is 12.1 Å². The maximum Gasteiger partial charge on any atom is 0.209 e. The van der Waals surface area contributed by atoms with E-state index < -0.39 is 10.0 Å². The van der Waals surface area contributed by atoms with Crippen molar-refractivity contribution in [2.45, 2.75) is 13.8 Å². The number of rotatable bonds is 6. The molecule has 17 heavy (non-hydrogen) atoms. The highest BCUT2D eigenvalue weighted by molar-refractivity contribution is 7.89. The van der Waals surface area contributed by atoms with Crippen LogP contribution in [0.4, 0.5) is 0 Å². The molecule has 2 N–H and O–H groups in total. The maximum absolute atomic E-state index is 11.1. The molecule has 1 atom stereocenters. The number of sulfonamides is 1. The number of aromatic nitrogens is 1. The van der Waals surface area contributed by atoms with Crippen molar-refractivity contribution in [3.8, 4) is 5.75 Å². The molecule has 0 bridgehead atoms. The van der Waals surface area contributed by atoms with Crippen molar-refractivity contribution in [1.29, 1.82) is 0 Å². The highest BCUT2D eigenvalue weighted by atomic mass is 32.2. The van der Waals surface area contributed by atoms with E-state index in [1.54, 1.807) is 24.5 Å². The Morgan fingerprint density at radius 1 is 1.47 bits per heavy atom. The van der Waals surface area contributed by atoms with Gasteiger partial charge in [0.25, 0.3) is 0 Å². The van der Waals surface area contributed by atoms with Gasteiger partial charge in [0.05, 0.1) is 18.6 Å². The van der Waals surface area contributed by atoms with Crippen LogP contribution in [0.15, 0.2) is 24.5 Å². The van der Waals surface area contributed by atoms with Gasteiger partial charge in [0.2, 0.25) is 10.0 Å². The Labute approximate surface area is 102 Å². The molecule has 0 spiro atoms. The summed E-state index contributed by atoms with van der Waals surface area (Å²) in [6, 6.07) is 3.54. The van der Waals surface area contributed by atoms with Crippen LogP contribution in [-0.2, 0) is 10.0 Å². The second-order valence-corrected chi connectivity index (χ2v) is 5.99. The predicted octanol–water partition coefficient (Wildman–Crippen LogP) is 1.02. The van der Waals surface area contributed by atoms with Crippen LogP contribution in [0.3, 0.4) is 0 Å². The molecule has 0 aliphatic heterocycles. The molecule has 0 amide bonds. The summed E-state index contributed by atoms with van der Waals surface area (Å²) in [6.45, 7) is 4.21. The van der Waals surface area contributed by atoms with E-state index in [0.29, 0.717) is 12.4 Å². The molecular formula is C11H18N2O3S. The minimum Gasteiger partial charge on any atom is -0.492 e. The molecule has 0 aromatic carbocycles. The van der Waals surface area contributed by atoms with E-state index in [-0.39, 0.29) is 17.6 Å². The van der Waals surface area contributed by atoms with Gasteiger partial charge in [0.15, 0.2) is 0 Å². The third-order valence-electron chi connectivity index (χ3n) is 2.49. The van der Waals surface area contributed by atoms with Gasteiger partial charge >= 0.3 is 0 Å². The Hall–Kier alpha value is -1.14. The Bertz CT molecular complexity index is 431. The van der Waals surface area contributed by atoms with E-state index in [1.807, 2.05) is 13.8 Å². The number of nitrogens with zero attached hydrogens (tertiary/aromatic N) is 1. The van der Waals surface area contributed by atoms with Crippen LogP contribution in [-0.4, -0.2) is 25.8 Å². The topological polar surface area (TPSA) is 82.3 Å². The third kappa shape index (κ3) is 5.65. The predicted molar refractivity (Wildman–Crippen MR) is 66.0 cm³/mol. The SMILES string of the molecule is CC(C)C(COc1cccnc1)CS(N)(=O)=O. The second kappa shape index (κ2) is 5.97. The van der Waals surface area contributed by atoms with Gasteiger partial charge in [-0.25, -0.2) is 13.6 Å². The standard InChI is InChI=1S/C11H18N2O3S/c1-9(2)10(8-17(12,14)15)7-16-11-4-3-5-13-6-11/h3-6,9-10H,7-8H2,1-2H3,(H2,12,14,15). The van der Waals surface area contributed by atoms with Crippen LogP contribution in [0.25, 0.3) is 0 Å². The van der Waals surface area contributed by atoms with Crippen LogP contribution in [0.5, 0.6) is 5.75 Å². The molecule has 1 aromatic heterocycles. The average Bonchev–Trinajstić information content (AvgIpc) is 2.24. The number of hydrogen-bond donors (Lipinski definition) is 1. The molecule has 0 saturated heterocycles. The van der Waals surface area contributed by atoms with Gasteiger partial charge < -0.3 is 4.74 Å². The van der Waals surface area contributed by atoms with Gasteiger partial charge in [-0.2, -0.15) is 0 Å². The quantitative estimate of drug-likeness (QED) is 0.826. The zero-order valence-corrected chi connectivity index (χ0v) is 10.9. The largest absolute Gasteiger partial charge is 0.492 e. The van der Waals surface area contributed by atoms with Crippen LogP contribution in [0.1, 0.15) is 13.8 Å². The van der Waals surface area contributed by atoms with E-state index in [1.165, 1.54) is 0 Å². The molecule has 0 aliphatic rings. The molecule has 1 aromatic rings. The third-order valence-corrected chi connectivity index (χ3v) is 3.38. The van der Waals surface area contributed by atoms with Gasteiger partial charge in [-0.3, -0.25) is 4.98 Å². The molecule has 5 nitrogen and oxygen atoms in total. The molecule has 0 fully saturated rings. The Kier molecular flexibility index (Phi) is 4.89. The lowest BCUT2D eigenvalue weighted by Gasteiger charge is -2.19. The summed E-state index contributed by atoms with van der Waals surface area (Å²) in [6.07, 6.45) is 3.24. The molecule has 0 saturated carbocycles. The average molecular weight is 258 g/mol. The summed E-state index contributed by atoms with van der Waals surface area (Å²) in [5.74, 6) is 0.632. The fourth-order valence-corrected chi connectivity index (χ4v) is 2.45. The Morgan fingerprint density at radius 3 is 2.65 bits per heavy atom. The van der Waals surface area contributed by atoms with Crippen molar-refractivity contribution in [1.82, 2.24) is 4.98 Å². The van der Waals surface area contributed by atoms with Crippen molar-refractivity contribution in [3.63, 3.8) is 0 Å². The Morgan fingerprint density at radius 2 is 2.18 bits per heavy atom. The molecule has 6 heteroatoms. The number of primary sulfonamides is 1.